The quantitative estimate of drug-likeness (QED) is 0.695. The van der Waals surface area contributed by atoms with Gasteiger partial charge in [-0.1, -0.05) is 6.92 Å². The van der Waals surface area contributed by atoms with Crippen LogP contribution >= 0.6 is 0 Å². The van der Waals surface area contributed by atoms with Crippen molar-refractivity contribution in [2.45, 2.75) is 56.2 Å². The predicted molar refractivity (Wildman–Crippen MR) is 44.2 cm³/mol. The van der Waals surface area contributed by atoms with E-state index in [0.717, 1.165) is 6.92 Å². The van der Waals surface area contributed by atoms with E-state index in [0.29, 0.717) is 0 Å². The summed E-state index contributed by atoms with van der Waals surface area (Å²) in [5.41, 5.74) is -3.90. The molecule has 0 radical (unpaired) electrons. The van der Waals surface area contributed by atoms with Gasteiger partial charge in [0.25, 0.3) is 5.85 Å². The molecule has 0 saturated carbocycles. The van der Waals surface area contributed by atoms with E-state index in [9.17, 15) is 35.1 Å². The van der Waals surface area contributed by atoms with Gasteiger partial charge in [0.2, 0.25) is 0 Å². The van der Waals surface area contributed by atoms with Crippen LogP contribution in [0.25, 0.3) is 0 Å². The molecule has 3 unspecified atom stereocenters. The smallest absolute Gasteiger partial charge is 0.293 e. The minimum Gasteiger partial charge on any atom is -0.293 e. The molecule has 0 aromatic rings. The first-order valence-electron chi connectivity index (χ1n) is 4.94. The van der Waals surface area contributed by atoms with Crippen LogP contribution < -0.4 is 0 Å². The van der Waals surface area contributed by atoms with E-state index in [1.807, 2.05) is 0 Å². The molecule has 18 heavy (non-hydrogen) atoms. The lowest BCUT2D eigenvalue weighted by molar-refractivity contribution is -0.396. The Kier molecular flexibility index (Phi) is 3.18. The van der Waals surface area contributed by atoms with Gasteiger partial charge in [-0.05, 0) is 6.42 Å². The molecule has 0 bridgehead atoms. The Labute approximate surface area is 97.1 Å². The Morgan fingerprint density at radius 2 is 1.50 bits per heavy atom. The Hall–Kier alpha value is -0.600. The van der Waals surface area contributed by atoms with Crippen LogP contribution in [0.15, 0.2) is 0 Å². The van der Waals surface area contributed by atoms with Gasteiger partial charge in [0.1, 0.15) is 0 Å². The monoisotopic (exact) mass is 286 g/mol. The molecule has 0 amide bonds. The van der Waals surface area contributed by atoms with Gasteiger partial charge in [0.15, 0.2) is 5.67 Å². The maximum Gasteiger partial charge on any atom is 0.451 e. The summed E-state index contributed by atoms with van der Waals surface area (Å²) in [6, 6.07) is 0. The third-order valence-electron chi connectivity index (χ3n) is 2.97. The number of rotatable bonds is 2. The number of hydrogen-bond donors (Lipinski definition) is 0. The van der Waals surface area contributed by atoms with Gasteiger partial charge >= 0.3 is 18.0 Å². The van der Waals surface area contributed by atoms with Crippen molar-refractivity contribution < 1.29 is 39.9 Å². The topological polar surface area (TPSA) is 9.23 Å². The minimum absolute atomic E-state index is 0.106. The molecule has 1 fully saturated rings. The first-order chi connectivity index (χ1) is 7.72. The zero-order chi connectivity index (χ0) is 14.6. The van der Waals surface area contributed by atoms with Gasteiger partial charge in [-0.15, -0.1) is 0 Å². The standard InChI is InChI=1S/C9H10F8O/c1-3-6(12)4-7(13,5(2,10)11)18-8(6,14)9(15,16)17/h3-4H2,1-2H3. The molecule has 1 saturated heterocycles. The highest BCUT2D eigenvalue weighted by atomic mass is 19.4. The van der Waals surface area contributed by atoms with E-state index in [1.165, 1.54) is 0 Å². The van der Waals surface area contributed by atoms with E-state index in [4.69, 9.17) is 0 Å². The summed E-state index contributed by atoms with van der Waals surface area (Å²) in [4.78, 5) is 0. The van der Waals surface area contributed by atoms with Crippen LogP contribution in [0.4, 0.5) is 35.1 Å². The molecule has 3 atom stereocenters. The maximum absolute atomic E-state index is 13.8. The molecule has 0 N–H and O–H groups in total. The molecule has 1 aliphatic heterocycles. The van der Waals surface area contributed by atoms with Crippen LogP contribution in [0, 0.1) is 0 Å². The van der Waals surface area contributed by atoms with Gasteiger partial charge in [-0.2, -0.15) is 17.6 Å². The molecular formula is C9H10F8O. The van der Waals surface area contributed by atoms with E-state index in [1.54, 1.807) is 0 Å². The van der Waals surface area contributed by atoms with Crippen LogP contribution in [0.3, 0.4) is 0 Å². The molecule has 1 aliphatic rings. The fraction of sp³-hybridized carbons (Fsp3) is 1.00. The van der Waals surface area contributed by atoms with E-state index >= 15 is 0 Å². The molecule has 0 spiro atoms. The summed E-state index contributed by atoms with van der Waals surface area (Å²) in [6.07, 6.45) is -9.16. The van der Waals surface area contributed by atoms with Crippen molar-refractivity contribution in [3.8, 4) is 0 Å². The highest BCUT2D eigenvalue weighted by molar-refractivity contribution is 5.10. The van der Waals surface area contributed by atoms with Crippen LogP contribution in [0.1, 0.15) is 26.7 Å². The third kappa shape index (κ3) is 1.86. The Bertz CT molecular complexity index is 336. The second-order valence-corrected chi connectivity index (χ2v) is 4.31. The van der Waals surface area contributed by atoms with Gasteiger partial charge in [0, 0.05) is 6.92 Å². The lowest BCUT2D eigenvalue weighted by Crippen LogP contribution is -2.55. The molecule has 1 heterocycles. The van der Waals surface area contributed by atoms with Gasteiger partial charge in [-0.3, -0.25) is 4.74 Å². The number of halogens is 8. The van der Waals surface area contributed by atoms with Crippen molar-refractivity contribution in [3.05, 3.63) is 0 Å². The Morgan fingerprint density at radius 3 is 1.72 bits per heavy atom. The Morgan fingerprint density at radius 1 is 1.06 bits per heavy atom. The number of hydrogen-bond acceptors (Lipinski definition) is 1. The van der Waals surface area contributed by atoms with Crippen molar-refractivity contribution in [1.29, 1.82) is 0 Å². The van der Waals surface area contributed by atoms with Gasteiger partial charge in [0.05, 0.1) is 6.42 Å². The fourth-order valence-electron chi connectivity index (χ4n) is 1.73. The predicted octanol–water partition coefficient (Wildman–Crippen LogP) is 4.07. The summed E-state index contributed by atoms with van der Waals surface area (Å²) in [6.45, 7) is 0.675. The second kappa shape index (κ2) is 3.71. The van der Waals surface area contributed by atoms with Crippen LogP contribution in [-0.2, 0) is 4.74 Å². The van der Waals surface area contributed by atoms with Crippen molar-refractivity contribution in [3.63, 3.8) is 0 Å². The third-order valence-corrected chi connectivity index (χ3v) is 2.97. The van der Waals surface area contributed by atoms with Crippen molar-refractivity contribution in [2.75, 3.05) is 0 Å². The molecule has 0 aromatic carbocycles. The zero-order valence-corrected chi connectivity index (χ0v) is 9.35. The average molecular weight is 286 g/mol. The first-order valence-corrected chi connectivity index (χ1v) is 4.94. The SMILES string of the molecule is CCC1(F)CC(F)(C(C)(F)F)OC1(F)C(F)(F)F. The van der Waals surface area contributed by atoms with Gasteiger partial charge in [-0.25, -0.2) is 17.6 Å². The van der Waals surface area contributed by atoms with Crippen LogP contribution in [0.5, 0.6) is 0 Å². The van der Waals surface area contributed by atoms with Crippen LogP contribution in [-0.4, -0.2) is 29.5 Å². The highest BCUT2D eigenvalue weighted by Gasteiger charge is 2.82. The summed E-state index contributed by atoms with van der Waals surface area (Å²) in [5, 5.41) is 0. The summed E-state index contributed by atoms with van der Waals surface area (Å²) in [7, 11) is 0. The highest BCUT2D eigenvalue weighted by Crippen LogP contribution is 2.61. The van der Waals surface area contributed by atoms with Crippen molar-refractivity contribution in [1.82, 2.24) is 0 Å². The van der Waals surface area contributed by atoms with Crippen molar-refractivity contribution >= 4 is 0 Å². The largest absolute Gasteiger partial charge is 0.451 e. The summed E-state index contributed by atoms with van der Waals surface area (Å²) in [5.74, 6) is -13.9. The van der Waals surface area contributed by atoms with E-state index in [-0.39, 0.29) is 6.92 Å². The normalized spacial score (nSPS) is 42.3. The molecule has 108 valence electrons. The number of alkyl halides is 8. The average Bonchev–Trinajstić information content (AvgIpc) is 2.35. The van der Waals surface area contributed by atoms with Gasteiger partial charge < -0.3 is 0 Å². The lowest BCUT2D eigenvalue weighted by Gasteiger charge is -2.32. The van der Waals surface area contributed by atoms with E-state index in [2.05, 4.69) is 4.74 Å². The molecular weight excluding hydrogens is 276 g/mol. The second-order valence-electron chi connectivity index (χ2n) is 4.31. The van der Waals surface area contributed by atoms with Crippen LogP contribution in [0.2, 0.25) is 0 Å². The van der Waals surface area contributed by atoms with Crippen molar-refractivity contribution in [2.24, 2.45) is 0 Å². The Balaban J connectivity index is 3.31. The molecule has 1 rings (SSSR count). The minimum atomic E-state index is -5.96. The molecule has 0 aromatic heterocycles. The molecule has 1 nitrogen and oxygen atoms in total. The fourth-order valence-corrected chi connectivity index (χ4v) is 1.73. The van der Waals surface area contributed by atoms with E-state index < -0.39 is 42.3 Å². The first kappa shape index (κ1) is 15.5. The summed E-state index contributed by atoms with van der Waals surface area (Å²) < 4.78 is 107. The molecule has 0 aliphatic carbocycles. The zero-order valence-electron chi connectivity index (χ0n) is 9.35. The molecule has 9 heteroatoms. The maximum atomic E-state index is 13.8. The summed E-state index contributed by atoms with van der Waals surface area (Å²) >= 11 is 0. The lowest BCUT2D eigenvalue weighted by atomic mass is 9.88. The number of ether oxygens (including phenoxy) is 1.